The molecule has 1 aliphatic heterocycles. The highest BCUT2D eigenvalue weighted by molar-refractivity contribution is 6.39. The maximum absolute atomic E-state index is 12.1. The van der Waals surface area contributed by atoms with Gasteiger partial charge in [0.05, 0.1) is 12.2 Å². The van der Waals surface area contributed by atoms with Crippen molar-refractivity contribution in [1.82, 2.24) is 15.3 Å². The van der Waals surface area contributed by atoms with E-state index >= 15 is 0 Å². The first-order valence-electron chi connectivity index (χ1n) is 7.25. The third-order valence-electron chi connectivity index (χ3n) is 3.47. The van der Waals surface area contributed by atoms with Crippen LogP contribution < -0.4 is 5.32 Å². The topological polar surface area (TPSA) is 87.8 Å². The van der Waals surface area contributed by atoms with Crippen molar-refractivity contribution < 1.29 is 14.0 Å². The van der Waals surface area contributed by atoms with Gasteiger partial charge >= 0.3 is 0 Å². The monoisotopic (exact) mass is 312 g/mol. The van der Waals surface area contributed by atoms with Gasteiger partial charge in [0.2, 0.25) is 11.8 Å². The number of oxazole rings is 1. The zero-order chi connectivity index (χ0) is 16.2. The van der Waals surface area contributed by atoms with E-state index in [1.165, 1.54) is 11.3 Å². The van der Waals surface area contributed by atoms with Crippen molar-refractivity contribution in [3.63, 3.8) is 0 Å². The zero-order valence-electron chi connectivity index (χ0n) is 12.7. The van der Waals surface area contributed by atoms with Crippen molar-refractivity contribution in [2.45, 2.75) is 19.4 Å². The standard InChI is InChI=1S/C16H16N4O3/c1-20-14(21)8-7-13(19-20)15(22)17-9-12-10-23-16(18-12)11-5-3-2-4-6-11/h2-6,10H,7-9H2,1H3,(H,17,22). The molecule has 1 aliphatic rings. The molecule has 23 heavy (non-hydrogen) atoms. The summed E-state index contributed by atoms with van der Waals surface area (Å²) in [4.78, 5) is 27.7. The molecule has 0 spiro atoms. The molecule has 0 bridgehead atoms. The van der Waals surface area contributed by atoms with Gasteiger partial charge in [0, 0.05) is 25.5 Å². The lowest BCUT2D eigenvalue weighted by Crippen LogP contribution is -2.37. The Labute approximate surface area is 133 Å². The van der Waals surface area contributed by atoms with Gasteiger partial charge in [-0.25, -0.2) is 9.99 Å². The Morgan fingerprint density at radius 1 is 1.30 bits per heavy atom. The number of benzene rings is 1. The van der Waals surface area contributed by atoms with E-state index < -0.39 is 0 Å². The van der Waals surface area contributed by atoms with Crippen LogP contribution in [0.1, 0.15) is 18.5 Å². The van der Waals surface area contributed by atoms with Gasteiger partial charge in [0.15, 0.2) is 0 Å². The largest absolute Gasteiger partial charge is 0.444 e. The molecular formula is C16H16N4O3. The lowest BCUT2D eigenvalue weighted by atomic mass is 10.1. The fraction of sp³-hybridized carbons (Fsp3) is 0.250. The van der Waals surface area contributed by atoms with Crippen molar-refractivity contribution >= 4 is 17.5 Å². The summed E-state index contributed by atoms with van der Waals surface area (Å²) in [6.07, 6.45) is 2.16. The van der Waals surface area contributed by atoms with Gasteiger partial charge in [0.1, 0.15) is 12.0 Å². The number of hydrogen-bond donors (Lipinski definition) is 1. The van der Waals surface area contributed by atoms with Crippen LogP contribution in [0.15, 0.2) is 46.1 Å². The SMILES string of the molecule is CN1N=C(C(=O)NCc2coc(-c3ccccc3)n2)CCC1=O. The molecule has 2 amide bonds. The van der Waals surface area contributed by atoms with Gasteiger partial charge < -0.3 is 9.73 Å². The minimum atomic E-state index is -0.298. The van der Waals surface area contributed by atoms with Crippen molar-refractivity contribution in [1.29, 1.82) is 0 Å². The van der Waals surface area contributed by atoms with Crippen LogP contribution in [-0.2, 0) is 16.1 Å². The number of hydrogen-bond acceptors (Lipinski definition) is 5. The molecule has 0 fully saturated rings. The van der Waals surface area contributed by atoms with Crippen molar-refractivity contribution in [3.05, 3.63) is 42.3 Å². The highest BCUT2D eigenvalue weighted by Gasteiger charge is 2.21. The summed E-state index contributed by atoms with van der Waals surface area (Å²) >= 11 is 0. The summed E-state index contributed by atoms with van der Waals surface area (Å²) in [5.74, 6) is 0.120. The highest BCUT2D eigenvalue weighted by atomic mass is 16.3. The lowest BCUT2D eigenvalue weighted by Gasteiger charge is -2.18. The summed E-state index contributed by atoms with van der Waals surface area (Å²) < 4.78 is 5.41. The van der Waals surface area contributed by atoms with Gasteiger partial charge in [-0.2, -0.15) is 5.10 Å². The third kappa shape index (κ3) is 3.45. The molecule has 0 saturated heterocycles. The molecule has 2 heterocycles. The van der Waals surface area contributed by atoms with Crippen LogP contribution in [0, 0.1) is 0 Å². The summed E-state index contributed by atoms with van der Waals surface area (Å²) in [7, 11) is 1.54. The Morgan fingerprint density at radius 2 is 2.09 bits per heavy atom. The van der Waals surface area contributed by atoms with Crippen molar-refractivity contribution in [2.24, 2.45) is 5.10 Å². The second-order valence-electron chi connectivity index (χ2n) is 5.16. The number of carbonyl (C=O) groups excluding carboxylic acids is 2. The van der Waals surface area contributed by atoms with E-state index in [4.69, 9.17) is 4.42 Å². The van der Waals surface area contributed by atoms with Gasteiger partial charge in [-0.3, -0.25) is 9.59 Å². The second-order valence-corrected chi connectivity index (χ2v) is 5.16. The minimum Gasteiger partial charge on any atom is -0.444 e. The second kappa shape index (κ2) is 6.43. The zero-order valence-corrected chi connectivity index (χ0v) is 12.7. The number of nitrogens with zero attached hydrogens (tertiary/aromatic N) is 3. The van der Waals surface area contributed by atoms with Crippen molar-refractivity contribution in [3.8, 4) is 11.5 Å². The fourth-order valence-electron chi connectivity index (χ4n) is 2.21. The first-order valence-corrected chi connectivity index (χ1v) is 7.25. The van der Waals surface area contributed by atoms with Gasteiger partial charge in [-0.05, 0) is 12.1 Å². The molecule has 1 N–H and O–H groups in total. The van der Waals surface area contributed by atoms with E-state index in [1.807, 2.05) is 30.3 Å². The number of hydrazone groups is 1. The van der Waals surface area contributed by atoms with E-state index in [0.29, 0.717) is 30.1 Å². The Hall–Kier alpha value is -2.96. The first-order chi connectivity index (χ1) is 11.1. The Kier molecular flexibility index (Phi) is 4.18. The molecule has 7 heteroatoms. The number of amides is 2. The Morgan fingerprint density at radius 3 is 2.83 bits per heavy atom. The van der Waals surface area contributed by atoms with Crippen LogP contribution in [0.5, 0.6) is 0 Å². The predicted octanol–water partition coefficient (Wildman–Crippen LogP) is 1.57. The lowest BCUT2D eigenvalue weighted by molar-refractivity contribution is -0.130. The normalized spacial score (nSPS) is 14.6. The summed E-state index contributed by atoms with van der Waals surface area (Å²) in [5, 5.41) is 7.91. The minimum absolute atomic E-state index is 0.0921. The summed E-state index contributed by atoms with van der Waals surface area (Å²) in [6.45, 7) is 0.242. The van der Waals surface area contributed by atoms with Crippen LogP contribution in [0.2, 0.25) is 0 Å². The summed E-state index contributed by atoms with van der Waals surface area (Å²) in [5.41, 5.74) is 1.85. The molecule has 3 rings (SSSR count). The van der Waals surface area contributed by atoms with Crippen molar-refractivity contribution in [2.75, 3.05) is 7.05 Å². The van der Waals surface area contributed by atoms with Crippen LogP contribution in [0.3, 0.4) is 0 Å². The number of aromatic nitrogens is 1. The molecule has 0 unspecified atom stereocenters. The molecule has 1 aromatic carbocycles. The third-order valence-corrected chi connectivity index (χ3v) is 3.47. The average molecular weight is 312 g/mol. The van der Waals surface area contributed by atoms with Gasteiger partial charge in [0.25, 0.3) is 5.91 Å². The molecule has 0 radical (unpaired) electrons. The van der Waals surface area contributed by atoms with Crippen LogP contribution >= 0.6 is 0 Å². The number of rotatable bonds is 4. The van der Waals surface area contributed by atoms with Crippen LogP contribution in [0.4, 0.5) is 0 Å². The molecule has 0 atom stereocenters. The predicted molar refractivity (Wildman–Crippen MR) is 83.2 cm³/mol. The van der Waals surface area contributed by atoms with Crippen LogP contribution in [-0.4, -0.2) is 34.6 Å². The van der Waals surface area contributed by atoms with Crippen LogP contribution in [0.25, 0.3) is 11.5 Å². The molecule has 1 aromatic heterocycles. The van der Waals surface area contributed by atoms with E-state index in [9.17, 15) is 9.59 Å². The van der Waals surface area contributed by atoms with Gasteiger partial charge in [-0.1, -0.05) is 18.2 Å². The Bertz CT molecular complexity index is 752. The van der Waals surface area contributed by atoms with Gasteiger partial charge in [-0.15, -0.1) is 0 Å². The quantitative estimate of drug-likeness (QED) is 0.928. The molecule has 7 nitrogen and oxygen atoms in total. The summed E-state index contributed by atoms with van der Waals surface area (Å²) in [6, 6.07) is 9.52. The van der Waals surface area contributed by atoms with E-state index in [1.54, 1.807) is 7.05 Å². The molecule has 0 aliphatic carbocycles. The molecular weight excluding hydrogens is 296 g/mol. The fourth-order valence-corrected chi connectivity index (χ4v) is 2.21. The van der Waals surface area contributed by atoms with E-state index in [-0.39, 0.29) is 18.4 Å². The molecule has 0 saturated carbocycles. The average Bonchev–Trinajstić information content (AvgIpc) is 3.05. The van der Waals surface area contributed by atoms with E-state index in [0.717, 1.165) is 5.56 Å². The number of nitrogens with one attached hydrogen (secondary N) is 1. The first kappa shape index (κ1) is 15.0. The Balaban J connectivity index is 1.61. The maximum atomic E-state index is 12.1. The maximum Gasteiger partial charge on any atom is 0.267 e. The highest BCUT2D eigenvalue weighted by Crippen LogP contribution is 2.17. The molecule has 118 valence electrons. The van der Waals surface area contributed by atoms with E-state index in [2.05, 4.69) is 15.4 Å². The smallest absolute Gasteiger partial charge is 0.267 e. The molecule has 2 aromatic rings. The number of carbonyl (C=O) groups is 2.